The van der Waals surface area contributed by atoms with Crippen LogP contribution in [-0.2, 0) is 7.05 Å². The molecule has 0 aromatic carbocycles. The number of hydrogen-bond acceptors (Lipinski definition) is 3. The Hall–Kier alpha value is -1.34. The fraction of sp³-hybridized carbons (Fsp3) is 0.538. The number of pyridine rings is 1. The summed E-state index contributed by atoms with van der Waals surface area (Å²) in [4.78, 5) is 23.6. The number of halogens is 1. The van der Waals surface area contributed by atoms with E-state index >= 15 is 0 Å². The molecule has 0 atom stereocenters. The van der Waals surface area contributed by atoms with E-state index in [0.717, 1.165) is 0 Å². The van der Waals surface area contributed by atoms with E-state index in [0.29, 0.717) is 17.3 Å². The average Bonchev–Trinajstić information content (AvgIpc) is 2.41. The van der Waals surface area contributed by atoms with Crippen LogP contribution in [0.1, 0.15) is 26.7 Å². The van der Waals surface area contributed by atoms with Crippen molar-refractivity contribution in [3.63, 3.8) is 0 Å². The minimum Gasteiger partial charge on any atom is -0.388 e. The van der Waals surface area contributed by atoms with Crippen LogP contribution in [0.5, 0.6) is 0 Å². The van der Waals surface area contributed by atoms with Crippen LogP contribution in [0.2, 0.25) is 0 Å². The number of aryl methyl sites for hydroxylation is 1. The van der Waals surface area contributed by atoms with E-state index < -0.39 is 11.6 Å². The molecule has 0 saturated carbocycles. The lowest BCUT2D eigenvalue weighted by Gasteiger charge is -2.25. The lowest BCUT2D eigenvalue weighted by atomic mass is 9.98. The Bertz CT molecular complexity index is 538. The van der Waals surface area contributed by atoms with Crippen molar-refractivity contribution in [2.24, 2.45) is 7.05 Å². The largest absolute Gasteiger partial charge is 0.388 e. The Balaban J connectivity index is 2.71. The highest BCUT2D eigenvalue weighted by molar-refractivity contribution is 9.10. The Morgan fingerprint density at radius 2 is 2.05 bits per heavy atom. The zero-order valence-corrected chi connectivity index (χ0v) is 13.5. The van der Waals surface area contributed by atoms with E-state index in [1.165, 1.54) is 10.6 Å². The first-order valence-corrected chi connectivity index (χ1v) is 7.24. The molecule has 0 radical (unpaired) electrons. The molecule has 112 valence electrons. The van der Waals surface area contributed by atoms with Gasteiger partial charge in [-0.25, -0.2) is 4.79 Å². The maximum absolute atomic E-state index is 11.8. The highest BCUT2D eigenvalue weighted by atomic mass is 79.9. The van der Waals surface area contributed by atoms with Crippen LogP contribution in [0.3, 0.4) is 0 Å². The number of hydrogen-bond donors (Lipinski definition) is 3. The molecular weight excluding hydrogens is 326 g/mol. The van der Waals surface area contributed by atoms with E-state index in [2.05, 4.69) is 26.6 Å². The maximum Gasteiger partial charge on any atom is 0.319 e. The number of rotatable bonds is 5. The molecule has 0 spiro atoms. The van der Waals surface area contributed by atoms with Gasteiger partial charge in [0.25, 0.3) is 5.56 Å². The van der Waals surface area contributed by atoms with Gasteiger partial charge in [-0.1, -0.05) is 13.8 Å². The lowest BCUT2D eigenvalue weighted by molar-refractivity contribution is 0.0354. The number of aliphatic hydroxyl groups is 1. The van der Waals surface area contributed by atoms with Gasteiger partial charge in [0.1, 0.15) is 5.69 Å². The minimum absolute atomic E-state index is 0.139. The Labute approximate surface area is 126 Å². The topological polar surface area (TPSA) is 83.4 Å². The van der Waals surface area contributed by atoms with Crippen molar-refractivity contribution in [2.75, 3.05) is 11.9 Å². The maximum atomic E-state index is 11.8. The number of nitrogens with zero attached hydrogens (tertiary/aromatic N) is 1. The van der Waals surface area contributed by atoms with Gasteiger partial charge < -0.3 is 20.3 Å². The molecule has 0 saturated heterocycles. The third-order valence-corrected chi connectivity index (χ3v) is 3.73. The Kier molecular flexibility index (Phi) is 5.76. The van der Waals surface area contributed by atoms with Crippen LogP contribution in [-0.4, -0.2) is 27.9 Å². The average molecular weight is 346 g/mol. The van der Waals surface area contributed by atoms with Gasteiger partial charge in [-0.2, -0.15) is 0 Å². The first-order valence-electron chi connectivity index (χ1n) is 6.44. The molecule has 20 heavy (non-hydrogen) atoms. The number of aromatic nitrogens is 1. The van der Waals surface area contributed by atoms with Gasteiger partial charge in [0.05, 0.1) is 5.60 Å². The van der Waals surface area contributed by atoms with Crippen molar-refractivity contribution in [2.45, 2.75) is 32.3 Å². The smallest absolute Gasteiger partial charge is 0.319 e. The van der Waals surface area contributed by atoms with Gasteiger partial charge in [0, 0.05) is 24.3 Å². The third-order valence-electron chi connectivity index (χ3n) is 3.29. The summed E-state index contributed by atoms with van der Waals surface area (Å²) in [6, 6.07) is 1.02. The number of nitrogens with one attached hydrogen (secondary N) is 2. The summed E-state index contributed by atoms with van der Waals surface area (Å²) in [6.07, 6.45) is 2.70. The molecule has 0 aliphatic heterocycles. The molecule has 1 rings (SSSR count). The first-order chi connectivity index (χ1) is 9.31. The van der Waals surface area contributed by atoms with Gasteiger partial charge in [0.2, 0.25) is 0 Å². The molecule has 0 fully saturated rings. The number of carbonyl (C=O) groups excluding carboxylic acids is 1. The van der Waals surface area contributed by atoms with Gasteiger partial charge in [-0.05, 0) is 34.8 Å². The number of carbonyl (C=O) groups is 1. The van der Waals surface area contributed by atoms with Gasteiger partial charge in [-0.15, -0.1) is 0 Å². The summed E-state index contributed by atoms with van der Waals surface area (Å²) in [5.41, 5.74) is -1.04. The molecule has 0 unspecified atom stereocenters. The number of anilines is 1. The van der Waals surface area contributed by atoms with Gasteiger partial charge in [-0.3, -0.25) is 4.79 Å². The predicted octanol–water partition coefficient (Wildman–Crippen LogP) is 1.82. The van der Waals surface area contributed by atoms with Crippen LogP contribution in [0.4, 0.5) is 10.5 Å². The molecule has 1 heterocycles. The van der Waals surface area contributed by atoms with E-state index in [-0.39, 0.29) is 17.8 Å². The monoisotopic (exact) mass is 345 g/mol. The second kappa shape index (κ2) is 6.90. The molecule has 6 nitrogen and oxygen atoms in total. The second-order valence-corrected chi connectivity index (χ2v) is 5.64. The SMILES string of the molecule is CCC(O)(CC)CNC(=O)Nc1cc(Br)cn(C)c1=O. The molecule has 3 N–H and O–H groups in total. The summed E-state index contributed by atoms with van der Waals surface area (Å²) >= 11 is 3.26. The standard InChI is InChI=1S/C13H20BrN3O3/c1-4-13(20,5-2)8-15-12(19)16-10-6-9(14)7-17(3)11(10)18/h6-7,20H,4-5,8H2,1-3H3,(H2,15,16,19). The van der Waals surface area contributed by atoms with E-state index in [1.807, 2.05) is 13.8 Å². The van der Waals surface area contributed by atoms with Gasteiger partial charge >= 0.3 is 6.03 Å². The normalized spacial score (nSPS) is 11.2. The van der Waals surface area contributed by atoms with Crippen LogP contribution >= 0.6 is 15.9 Å². The molecule has 7 heteroatoms. The Morgan fingerprint density at radius 3 is 2.60 bits per heavy atom. The minimum atomic E-state index is -0.917. The van der Waals surface area contributed by atoms with Crippen molar-refractivity contribution >= 4 is 27.6 Å². The fourth-order valence-electron chi connectivity index (χ4n) is 1.67. The third kappa shape index (κ3) is 4.35. The second-order valence-electron chi connectivity index (χ2n) is 4.73. The molecular formula is C13H20BrN3O3. The predicted molar refractivity (Wildman–Crippen MR) is 81.9 cm³/mol. The summed E-state index contributed by atoms with van der Waals surface area (Å²) < 4.78 is 2.06. The molecule has 0 aliphatic rings. The van der Waals surface area contributed by atoms with Crippen molar-refractivity contribution in [3.05, 3.63) is 27.1 Å². The molecule has 2 amide bonds. The van der Waals surface area contributed by atoms with Crippen molar-refractivity contribution in [1.82, 2.24) is 9.88 Å². The van der Waals surface area contributed by atoms with Crippen molar-refractivity contribution in [1.29, 1.82) is 0 Å². The van der Waals surface area contributed by atoms with Crippen LogP contribution in [0.25, 0.3) is 0 Å². The highest BCUT2D eigenvalue weighted by Crippen LogP contribution is 2.13. The van der Waals surface area contributed by atoms with Crippen LogP contribution < -0.4 is 16.2 Å². The van der Waals surface area contributed by atoms with Crippen LogP contribution in [0, 0.1) is 0 Å². The number of urea groups is 1. The van der Waals surface area contributed by atoms with Crippen molar-refractivity contribution in [3.8, 4) is 0 Å². The van der Waals surface area contributed by atoms with E-state index in [4.69, 9.17) is 0 Å². The molecule has 1 aromatic rings. The summed E-state index contributed by atoms with van der Waals surface area (Å²) in [5.74, 6) is 0. The van der Waals surface area contributed by atoms with Crippen molar-refractivity contribution < 1.29 is 9.90 Å². The quantitative estimate of drug-likeness (QED) is 0.761. The summed E-state index contributed by atoms with van der Waals surface area (Å²) in [5, 5.41) is 15.1. The molecule has 0 aliphatic carbocycles. The number of amides is 2. The summed E-state index contributed by atoms with van der Waals surface area (Å²) in [6.45, 7) is 3.85. The zero-order valence-electron chi connectivity index (χ0n) is 11.9. The van der Waals surface area contributed by atoms with E-state index in [9.17, 15) is 14.7 Å². The van der Waals surface area contributed by atoms with E-state index in [1.54, 1.807) is 13.2 Å². The summed E-state index contributed by atoms with van der Waals surface area (Å²) in [7, 11) is 1.60. The molecule has 1 aromatic heterocycles. The van der Waals surface area contributed by atoms with Gasteiger partial charge in [0.15, 0.2) is 0 Å². The lowest BCUT2D eigenvalue weighted by Crippen LogP contribution is -2.44. The fourth-order valence-corrected chi connectivity index (χ4v) is 2.21. The zero-order chi connectivity index (χ0) is 15.3. The first kappa shape index (κ1) is 16.7. The molecule has 0 bridgehead atoms. The highest BCUT2D eigenvalue weighted by Gasteiger charge is 2.22. The van der Waals surface area contributed by atoms with Crippen LogP contribution in [0.15, 0.2) is 21.5 Å². The Morgan fingerprint density at radius 1 is 1.45 bits per heavy atom.